The topological polar surface area (TPSA) is 53.2 Å². The van der Waals surface area contributed by atoms with E-state index in [9.17, 15) is 4.57 Å². The SMILES string of the molecule is CCCCCCCCCCCCNP(=O)(NCCCCCCCCCCCC)NCCCCCCCCCCCC. The standard InChI is InChI=1S/C36H78N3OP/c1-4-7-10-13-16-19-22-25-28-31-34-37-41(40,38-35-32-29-26-23-20-17-14-11-8-5-2)39-36-33-30-27-24-21-18-15-12-9-6-3/h4-36H2,1-3H3,(H3,37,38,39,40). The van der Waals surface area contributed by atoms with Gasteiger partial charge in [0, 0.05) is 19.6 Å². The number of hydrogen-bond acceptors (Lipinski definition) is 1. The van der Waals surface area contributed by atoms with Gasteiger partial charge < -0.3 is 0 Å². The van der Waals surface area contributed by atoms with Gasteiger partial charge in [-0.25, -0.2) is 15.3 Å². The van der Waals surface area contributed by atoms with Crippen molar-refractivity contribution in [3.05, 3.63) is 0 Å². The second-order valence-electron chi connectivity index (χ2n) is 12.9. The molecular formula is C36H78N3OP. The molecule has 0 aromatic carbocycles. The second kappa shape index (κ2) is 34.6. The fourth-order valence-corrected chi connectivity index (χ4v) is 7.47. The smallest absolute Gasteiger partial charge is 0.271 e. The Kier molecular flexibility index (Phi) is 34.7. The Morgan fingerprint density at radius 3 is 0.659 bits per heavy atom. The van der Waals surface area contributed by atoms with Crippen LogP contribution in [0, 0.1) is 0 Å². The van der Waals surface area contributed by atoms with E-state index < -0.39 is 7.59 Å². The highest BCUT2D eigenvalue weighted by atomic mass is 31.2. The molecule has 0 fully saturated rings. The van der Waals surface area contributed by atoms with Gasteiger partial charge in [-0.1, -0.05) is 194 Å². The van der Waals surface area contributed by atoms with Crippen LogP contribution in [0.4, 0.5) is 0 Å². The molecule has 0 aliphatic carbocycles. The van der Waals surface area contributed by atoms with Gasteiger partial charge in [-0.15, -0.1) is 0 Å². The van der Waals surface area contributed by atoms with Crippen molar-refractivity contribution in [2.24, 2.45) is 0 Å². The molecule has 0 heterocycles. The molecule has 0 amide bonds. The van der Waals surface area contributed by atoms with E-state index in [-0.39, 0.29) is 0 Å². The predicted molar refractivity (Wildman–Crippen MR) is 187 cm³/mol. The van der Waals surface area contributed by atoms with E-state index in [4.69, 9.17) is 0 Å². The Bertz CT molecular complexity index is 460. The van der Waals surface area contributed by atoms with Crippen molar-refractivity contribution >= 4 is 7.59 Å². The minimum absolute atomic E-state index is 0.851. The zero-order chi connectivity index (χ0) is 30.0. The van der Waals surface area contributed by atoms with Crippen molar-refractivity contribution < 1.29 is 4.57 Å². The van der Waals surface area contributed by atoms with Crippen LogP contribution in [0.5, 0.6) is 0 Å². The number of unbranched alkanes of at least 4 members (excludes halogenated alkanes) is 27. The highest BCUT2D eigenvalue weighted by Gasteiger charge is 2.19. The van der Waals surface area contributed by atoms with Crippen molar-refractivity contribution in [1.82, 2.24) is 15.3 Å². The second-order valence-corrected chi connectivity index (χ2v) is 15.0. The summed E-state index contributed by atoms with van der Waals surface area (Å²) < 4.78 is 13.7. The molecule has 0 saturated carbocycles. The molecule has 0 radical (unpaired) electrons. The zero-order valence-corrected chi connectivity index (χ0v) is 29.6. The molecule has 5 heteroatoms. The van der Waals surface area contributed by atoms with Gasteiger partial charge in [0.15, 0.2) is 0 Å². The molecule has 0 aliphatic rings. The summed E-state index contributed by atoms with van der Waals surface area (Å²) in [7, 11) is -2.70. The summed E-state index contributed by atoms with van der Waals surface area (Å²) in [6, 6.07) is 0. The van der Waals surface area contributed by atoms with Crippen LogP contribution in [0.15, 0.2) is 0 Å². The van der Waals surface area contributed by atoms with Gasteiger partial charge in [0.2, 0.25) is 0 Å². The number of hydrogen-bond donors (Lipinski definition) is 3. The maximum absolute atomic E-state index is 13.7. The molecular weight excluding hydrogens is 521 g/mol. The van der Waals surface area contributed by atoms with E-state index in [0.29, 0.717) is 0 Å². The van der Waals surface area contributed by atoms with Gasteiger partial charge >= 0.3 is 0 Å². The van der Waals surface area contributed by atoms with Gasteiger partial charge in [0.05, 0.1) is 0 Å². The highest BCUT2D eigenvalue weighted by Crippen LogP contribution is 2.30. The molecule has 0 rings (SSSR count). The zero-order valence-electron chi connectivity index (χ0n) is 28.7. The van der Waals surface area contributed by atoms with E-state index >= 15 is 0 Å². The largest absolute Gasteiger partial charge is 0.279 e. The lowest BCUT2D eigenvalue weighted by atomic mass is 10.1. The van der Waals surface area contributed by atoms with Crippen molar-refractivity contribution in [3.63, 3.8) is 0 Å². The molecule has 0 unspecified atom stereocenters. The first-order valence-electron chi connectivity index (χ1n) is 19.0. The minimum Gasteiger partial charge on any atom is -0.271 e. The van der Waals surface area contributed by atoms with Crippen LogP contribution in [0.1, 0.15) is 213 Å². The summed E-state index contributed by atoms with van der Waals surface area (Å²) >= 11 is 0. The third-order valence-electron chi connectivity index (χ3n) is 8.59. The van der Waals surface area contributed by atoms with Crippen LogP contribution in [0.3, 0.4) is 0 Å². The third kappa shape index (κ3) is 32.9. The summed E-state index contributed by atoms with van der Waals surface area (Å²) in [5, 5.41) is 10.3. The average Bonchev–Trinajstić information content (AvgIpc) is 2.97. The van der Waals surface area contributed by atoms with E-state index in [0.717, 1.165) is 38.9 Å². The van der Waals surface area contributed by atoms with Crippen molar-refractivity contribution in [3.8, 4) is 0 Å². The summed E-state index contributed by atoms with van der Waals surface area (Å²) in [5.41, 5.74) is 0. The molecule has 41 heavy (non-hydrogen) atoms. The molecule has 248 valence electrons. The molecule has 0 saturated heterocycles. The summed E-state index contributed by atoms with van der Waals surface area (Å²) in [5.74, 6) is 0. The van der Waals surface area contributed by atoms with Gasteiger partial charge in [0.25, 0.3) is 7.59 Å². The molecule has 0 aromatic heterocycles. The molecule has 0 bridgehead atoms. The molecule has 0 spiro atoms. The first-order valence-corrected chi connectivity index (χ1v) is 20.7. The maximum Gasteiger partial charge on any atom is 0.279 e. The lowest BCUT2D eigenvalue weighted by Crippen LogP contribution is -2.33. The lowest BCUT2D eigenvalue weighted by molar-refractivity contribution is 0.517. The summed E-state index contributed by atoms with van der Waals surface area (Å²) in [6.07, 6.45) is 40.2. The Balaban J connectivity index is 4.07. The van der Waals surface area contributed by atoms with Gasteiger partial charge in [-0.3, -0.25) is 4.57 Å². The van der Waals surface area contributed by atoms with E-state index in [2.05, 4.69) is 36.0 Å². The van der Waals surface area contributed by atoms with Crippen LogP contribution in [-0.4, -0.2) is 19.6 Å². The Hall–Kier alpha value is 0.110. The fraction of sp³-hybridized carbons (Fsp3) is 1.00. The third-order valence-corrected chi connectivity index (χ3v) is 10.6. The summed E-state index contributed by atoms with van der Waals surface area (Å²) in [6.45, 7) is 9.41. The van der Waals surface area contributed by atoms with Crippen LogP contribution < -0.4 is 15.3 Å². The van der Waals surface area contributed by atoms with Crippen LogP contribution in [-0.2, 0) is 4.57 Å². The van der Waals surface area contributed by atoms with E-state index in [1.54, 1.807) is 0 Å². The minimum atomic E-state index is -2.70. The molecule has 0 aromatic rings. The highest BCUT2D eigenvalue weighted by molar-refractivity contribution is 7.57. The van der Waals surface area contributed by atoms with Crippen molar-refractivity contribution in [1.29, 1.82) is 0 Å². The molecule has 3 N–H and O–H groups in total. The van der Waals surface area contributed by atoms with E-state index in [1.165, 1.54) is 173 Å². The van der Waals surface area contributed by atoms with Crippen LogP contribution >= 0.6 is 7.59 Å². The van der Waals surface area contributed by atoms with E-state index in [1.807, 2.05) is 0 Å². The lowest BCUT2D eigenvalue weighted by Gasteiger charge is -2.22. The Morgan fingerprint density at radius 1 is 0.293 bits per heavy atom. The maximum atomic E-state index is 13.7. The quantitative estimate of drug-likeness (QED) is 0.0495. The normalized spacial score (nSPS) is 12.0. The molecule has 4 nitrogen and oxygen atoms in total. The first kappa shape index (κ1) is 41.1. The van der Waals surface area contributed by atoms with Crippen LogP contribution in [0.2, 0.25) is 0 Å². The van der Waals surface area contributed by atoms with Crippen molar-refractivity contribution in [2.45, 2.75) is 213 Å². The number of rotatable bonds is 36. The Labute approximate surface area is 260 Å². The van der Waals surface area contributed by atoms with Crippen molar-refractivity contribution in [2.75, 3.05) is 19.6 Å². The Morgan fingerprint density at radius 2 is 0.463 bits per heavy atom. The average molecular weight is 600 g/mol. The van der Waals surface area contributed by atoms with Gasteiger partial charge in [-0.2, -0.15) is 0 Å². The monoisotopic (exact) mass is 600 g/mol. The van der Waals surface area contributed by atoms with Gasteiger partial charge in [0.1, 0.15) is 0 Å². The molecule has 0 aliphatic heterocycles. The number of nitrogens with one attached hydrogen (secondary N) is 3. The fourth-order valence-electron chi connectivity index (χ4n) is 5.71. The summed E-state index contributed by atoms with van der Waals surface area (Å²) in [4.78, 5) is 0. The first-order chi connectivity index (χ1) is 20.2. The molecule has 0 atom stereocenters. The van der Waals surface area contributed by atoms with Crippen LogP contribution in [0.25, 0.3) is 0 Å². The predicted octanol–water partition coefficient (Wildman–Crippen LogP) is 12.6. The van der Waals surface area contributed by atoms with Gasteiger partial charge in [-0.05, 0) is 19.3 Å².